The van der Waals surface area contributed by atoms with E-state index in [9.17, 15) is 0 Å². The van der Waals surface area contributed by atoms with E-state index >= 15 is 0 Å². The summed E-state index contributed by atoms with van der Waals surface area (Å²) in [5.74, 6) is 1.87. The van der Waals surface area contributed by atoms with E-state index in [1.165, 1.54) is 19.3 Å². The predicted molar refractivity (Wildman–Crippen MR) is 71.0 cm³/mol. The van der Waals surface area contributed by atoms with Gasteiger partial charge >= 0.3 is 0 Å². The Labute approximate surface area is 103 Å². The summed E-state index contributed by atoms with van der Waals surface area (Å²) in [6.45, 7) is 6.48. The molecule has 0 atom stereocenters. The fourth-order valence-electron chi connectivity index (χ4n) is 2.50. The minimum Gasteiger partial charge on any atom is -0.383 e. The van der Waals surface area contributed by atoms with Gasteiger partial charge in [0.2, 0.25) is 0 Å². The SMILES string of the molecule is CCC1(Nc2ncnc(N)c2C(C)C)CCC1. The van der Waals surface area contributed by atoms with Crippen LogP contribution in [-0.4, -0.2) is 15.5 Å². The van der Waals surface area contributed by atoms with Gasteiger partial charge in [0.05, 0.1) is 0 Å². The lowest BCUT2D eigenvalue weighted by Crippen LogP contribution is -2.44. The molecule has 1 aliphatic carbocycles. The van der Waals surface area contributed by atoms with Crippen LogP contribution in [0.5, 0.6) is 0 Å². The first-order valence-electron chi connectivity index (χ1n) is 6.46. The van der Waals surface area contributed by atoms with E-state index in [1.54, 1.807) is 6.33 Å². The summed E-state index contributed by atoms with van der Waals surface area (Å²) in [7, 11) is 0. The molecule has 1 saturated carbocycles. The Morgan fingerprint density at radius 1 is 1.41 bits per heavy atom. The van der Waals surface area contributed by atoms with Crippen molar-refractivity contribution in [2.45, 2.75) is 57.9 Å². The minimum absolute atomic E-state index is 0.241. The van der Waals surface area contributed by atoms with Crippen molar-refractivity contribution in [3.05, 3.63) is 11.9 Å². The average molecular weight is 234 g/mol. The highest BCUT2D eigenvalue weighted by Crippen LogP contribution is 2.39. The molecule has 4 nitrogen and oxygen atoms in total. The van der Waals surface area contributed by atoms with Crippen LogP contribution in [0.2, 0.25) is 0 Å². The van der Waals surface area contributed by atoms with Gasteiger partial charge in [-0.2, -0.15) is 0 Å². The Morgan fingerprint density at radius 3 is 2.59 bits per heavy atom. The molecule has 1 fully saturated rings. The van der Waals surface area contributed by atoms with E-state index in [-0.39, 0.29) is 5.54 Å². The zero-order chi connectivity index (χ0) is 12.5. The van der Waals surface area contributed by atoms with Crippen LogP contribution in [0, 0.1) is 0 Å². The van der Waals surface area contributed by atoms with E-state index < -0.39 is 0 Å². The molecule has 0 unspecified atom stereocenters. The zero-order valence-corrected chi connectivity index (χ0v) is 11.0. The molecule has 4 heteroatoms. The van der Waals surface area contributed by atoms with Crippen molar-refractivity contribution in [1.82, 2.24) is 9.97 Å². The van der Waals surface area contributed by atoms with Crippen molar-refractivity contribution >= 4 is 11.6 Å². The second kappa shape index (κ2) is 4.51. The molecule has 1 aromatic rings. The Kier molecular flexibility index (Phi) is 3.22. The molecular formula is C13H22N4. The van der Waals surface area contributed by atoms with Crippen LogP contribution in [-0.2, 0) is 0 Å². The normalized spacial score (nSPS) is 17.9. The number of rotatable bonds is 4. The monoisotopic (exact) mass is 234 g/mol. The number of hydrogen-bond donors (Lipinski definition) is 2. The summed E-state index contributed by atoms with van der Waals surface area (Å²) in [5, 5.41) is 3.60. The summed E-state index contributed by atoms with van der Waals surface area (Å²) in [5.41, 5.74) is 7.24. The zero-order valence-electron chi connectivity index (χ0n) is 11.0. The fraction of sp³-hybridized carbons (Fsp3) is 0.692. The number of nitrogen functional groups attached to an aromatic ring is 1. The Balaban J connectivity index is 2.29. The molecular weight excluding hydrogens is 212 g/mol. The van der Waals surface area contributed by atoms with Gasteiger partial charge in [-0.1, -0.05) is 20.8 Å². The molecule has 94 valence electrons. The standard InChI is InChI=1S/C13H22N4/c1-4-13(6-5-7-13)17-12-10(9(2)3)11(14)15-8-16-12/h8-9H,4-7H2,1-3H3,(H3,14,15,16,17). The highest BCUT2D eigenvalue weighted by molar-refractivity contribution is 5.58. The van der Waals surface area contributed by atoms with Gasteiger partial charge in [-0.05, 0) is 31.6 Å². The summed E-state index contributed by atoms with van der Waals surface area (Å²) < 4.78 is 0. The molecule has 1 heterocycles. The van der Waals surface area contributed by atoms with Crippen LogP contribution in [0.1, 0.15) is 57.9 Å². The molecule has 0 saturated heterocycles. The number of hydrogen-bond acceptors (Lipinski definition) is 4. The maximum absolute atomic E-state index is 5.95. The third kappa shape index (κ3) is 2.21. The largest absolute Gasteiger partial charge is 0.383 e. The molecule has 17 heavy (non-hydrogen) atoms. The van der Waals surface area contributed by atoms with Crippen molar-refractivity contribution < 1.29 is 0 Å². The number of anilines is 2. The molecule has 3 N–H and O–H groups in total. The highest BCUT2D eigenvalue weighted by atomic mass is 15.1. The molecule has 0 radical (unpaired) electrons. The highest BCUT2D eigenvalue weighted by Gasteiger charge is 2.36. The van der Waals surface area contributed by atoms with Crippen molar-refractivity contribution in [3.8, 4) is 0 Å². The molecule has 2 rings (SSSR count). The fourth-order valence-corrected chi connectivity index (χ4v) is 2.50. The quantitative estimate of drug-likeness (QED) is 0.840. The third-order valence-corrected chi connectivity index (χ3v) is 3.86. The maximum atomic E-state index is 5.95. The summed E-state index contributed by atoms with van der Waals surface area (Å²) >= 11 is 0. The second-order valence-corrected chi connectivity index (χ2v) is 5.29. The van der Waals surface area contributed by atoms with Gasteiger partial charge in [-0.25, -0.2) is 9.97 Å². The van der Waals surface area contributed by atoms with Crippen LogP contribution in [0.25, 0.3) is 0 Å². The number of nitrogens with zero attached hydrogens (tertiary/aromatic N) is 2. The molecule has 1 aliphatic rings. The van der Waals surface area contributed by atoms with Gasteiger partial charge in [0.1, 0.15) is 18.0 Å². The van der Waals surface area contributed by atoms with Gasteiger partial charge < -0.3 is 11.1 Å². The summed E-state index contributed by atoms with van der Waals surface area (Å²) in [6, 6.07) is 0. The van der Waals surface area contributed by atoms with Crippen LogP contribution >= 0.6 is 0 Å². The first-order valence-corrected chi connectivity index (χ1v) is 6.46. The predicted octanol–water partition coefficient (Wildman–Crippen LogP) is 2.93. The van der Waals surface area contributed by atoms with Gasteiger partial charge in [0.25, 0.3) is 0 Å². The second-order valence-electron chi connectivity index (χ2n) is 5.29. The van der Waals surface area contributed by atoms with Gasteiger partial charge in [-0.15, -0.1) is 0 Å². The van der Waals surface area contributed by atoms with Crippen LogP contribution in [0.15, 0.2) is 6.33 Å². The van der Waals surface area contributed by atoms with E-state index in [0.717, 1.165) is 17.8 Å². The first-order chi connectivity index (χ1) is 8.08. The Hall–Kier alpha value is -1.32. The lowest BCUT2D eigenvalue weighted by atomic mass is 9.74. The van der Waals surface area contributed by atoms with Crippen LogP contribution < -0.4 is 11.1 Å². The van der Waals surface area contributed by atoms with Gasteiger partial charge in [-0.3, -0.25) is 0 Å². The average Bonchev–Trinajstić information content (AvgIpc) is 2.23. The molecule has 0 aliphatic heterocycles. The molecule has 1 aromatic heterocycles. The van der Waals surface area contributed by atoms with E-state index in [2.05, 4.69) is 36.1 Å². The number of aromatic nitrogens is 2. The van der Waals surface area contributed by atoms with Gasteiger partial charge in [0.15, 0.2) is 0 Å². The molecule has 0 aromatic carbocycles. The Morgan fingerprint density at radius 2 is 2.12 bits per heavy atom. The molecule has 0 spiro atoms. The van der Waals surface area contributed by atoms with Crippen molar-refractivity contribution in [2.24, 2.45) is 0 Å². The van der Waals surface area contributed by atoms with E-state index in [1.807, 2.05) is 0 Å². The summed E-state index contributed by atoms with van der Waals surface area (Å²) in [6.07, 6.45) is 6.44. The molecule has 0 amide bonds. The third-order valence-electron chi connectivity index (χ3n) is 3.86. The van der Waals surface area contributed by atoms with Crippen LogP contribution in [0.3, 0.4) is 0 Å². The summed E-state index contributed by atoms with van der Waals surface area (Å²) in [4.78, 5) is 8.46. The molecule has 0 bridgehead atoms. The first kappa shape index (κ1) is 12.1. The number of nitrogens with two attached hydrogens (primary N) is 1. The number of nitrogens with one attached hydrogen (secondary N) is 1. The lowest BCUT2D eigenvalue weighted by Gasteiger charge is -2.43. The van der Waals surface area contributed by atoms with Gasteiger partial charge in [0, 0.05) is 11.1 Å². The van der Waals surface area contributed by atoms with Crippen molar-refractivity contribution in [1.29, 1.82) is 0 Å². The van der Waals surface area contributed by atoms with Crippen LogP contribution in [0.4, 0.5) is 11.6 Å². The minimum atomic E-state index is 0.241. The maximum Gasteiger partial charge on any atom is 0.135 e. The lowest BCUT2D eigenvalue weighted by molar-refractivity contribution is 0.268. The van der Waals surface area contributed by atoms with E-state index in [4.69, 9.17) is 5.73 Å². The Bertz CT molecular complexity index is 391. The van der Waals surface area contributed by atoms with E-state index in [0.29, 0.717) is 11.7 Å². The van der Waals surface area contributed by atoms with Crippen molar-refractivity contribution in [2.75, 3.05) is 11.1 Å². The topological polar surface area (TPSA) is 63.8 Å². The van der Waals surface area contributed by atoms with Crippen molar-refractivity contribution in [3.63, 3.8) is 0 Å². The smallest absolute Gasteiger partial charge is 0.135 e.